The van der Waals surface area contributed by atoms with Crippen LogP contribution in [0.15, 0.2) is 134 Å². The number of hydrogen-bond donors (Lipinski definition) is 0. The number of thiophene rings is 1. The number of nitrogens with zero attached hydrogens (tertiary/aromatic N) is 3. The van der Waals surface area contributed by atoms with E-state index in [0.717, 1.165) is 5.69 Å². The van der Waals surface area contributed by atoms with Crippen LogP contribution in [0.5, 0.6) is 0 Å². The summed E-state index contributed by atoms with van der Waals surface area (Å²) >= 11 is 1.83. The third-order valence-corrected chi connectivity index (χ3v) is 15.3. The van der Waals surface area contributed by atoms with Crippen LogP contribution in [0.25, 0.3) is 38.8 Å². The molecule has 66 heavy (non-hydrogen) atoms. The zero-order valence-corrected chi connectivity index (χ0v) is 42.1. The topological polar surface area (TPSA) is 11.4 Å². The van der Waals surface area contributed by atoms with E-state index >= 15 is 0 Å². The average molecular weight is 882 g/mol. The van der Waals surface area contributed by atoms with Crippen molar-refractivity contribution in [2.24, 2.45) is 0 Å². The molecular weight excluding hydrogens is 818 g/mol. The van der Waals surface area contributed by atoms with Crippen molar-refractivity contribution in [1.82, 2.24) is 4.57 Å². The molecule has 0 bridgehead atoms. The van der Waals surface area contributed by atoms with Gasteiger partial charge in [0, 0.05) is 60.1 Å². The Labute approximate surface area is 398 Å². The lowest BCUT2D eigenvalue weighted by atomic mass is 9.34. The zero-order chi connectivity index (χ0) is 46.8. The molecule has 332 valence electrons. The van der Waals surface area contributed by atoms with Gasteiger partial charge in [-0.1, -0.05) is 162 Å². The van der Waals surface area contributed by atoms with Crippen LogP contribution >= 0.6 is 11.3 Å². The van der Waals surface area contributed by atoms with Crippen molar-refractivity contribution >= 4 is 102 Å². The van der Waals surface area contributed by atoms with Crippen LogP contribution < -0.4 is 26.3 Å². The molecule has 0 atom stereocenters. The summed E-state index contributed by atoms with van der Waals surface area (Å²) in [5.41, 5.74) is 20.1. The van der Waals surface area contributed by atoms with Gasteiger partial charge in [-0.15, -0.1) is 11.3 Å². The molecule has 0 aliphatic carbocycles. The van der Waals surface area contributed by atoms with Crippen molar-refractivity contribution in [3.05, 3.63) is 167 Å². The minimum absolute atomic E-state index is 0.0198. The Bertz CT molecular complexity index is 3240. The quantitative estimate of drug-likeness (QED) is 0.160. The number of benzene rings is 6. The molecule has 4 heterocycles. The first-order chi connectivity index (χ1) is 31.2. The Morgan fingerprint density at radius 1 is 0.530 bits per heavy atom. The largest absolute Gasteiger partial charge is 0.319 e. The molecule has 0 fully saturated rings. The number of allylic oxidation sites excluding steroid dienone is 1. The molecule has 10 rings (SSSR count). The van der Waals surface area contributed by atoms with Crippen molar-refractivity contribution in [3.8, 4) is 5.69 Å². The second kappa shape index (κ2) is 15.3. The predicted molar refractivity (Wildman–Crippen MR) is 292 cm³/mol. The van der Waals surface area contributed by atoms with E-state index in [9.17, 15) is 0 Å². The van der Waals surface area contributed by atoms with Crippen LogP contribution in [0.2, 0.25) is 0 Å². The molecule has 0 spiro atoms. The lowest BCUT2D eigenvalue weighted by molar-refractivity contribution is 0.590. The zero-order valence-electron chi connectivity index (χ0n) is 41.3. The highest BCUT2D eigenvalue weighted by atomic mass is 32.1. The second-order valence-corrected chi connectivity index (χ2v) is 23.8. The molecule has 2 aromatic heterocycles. The van der Waals surface area contributed by atoms with Gasteiger partial charge in [0.15, 0.2) is 0 Å². The molecule has 2 aliphatic heterocycles. The fourth-order valence-electron chi connectivity index (χ4n) is 10.4. The van der Waals surface area contributed by atoms with Crippen LogP contribution in [-0.4, -0.2) is 11.3 Å². The van der Waals surface area contributed by atoms with Gasteiger partial charge in [0.05, 0.1) is 11.2 Å². The Morgan fingerprint density at radius 3 is 1.55 bits per heavy atom. The van der Waals surface area contributed by atoms with Gasteiger partial charge in [-0.3, -0.25) is 0 Å². The van der Waals surface area contributed by atoms with Gasteiger partial charge in [-0.2, -0.15) is 0 Å². The maximum Gasteiger partial charge on any atom is 0.273 e. The number of rotatable bonds is 5. The van der Waals surface area contributed by atoms with Crippen molar-refractivity contribution in [3.63, 3.8) is 0 Å². The van der Waals surface area contributed by atoms with Crippen LogP contribution in [-0.2, 0) is 21.7 Å². The summed E-state index contributed by atoms with van der Waals surface area (Å²) in [6.45, 7) is 34.0. The maximum absolute atomic E-state index is 4.27. The first-order valence-electron chi connectivity index (χ1n) is 23.8. The van der Waals surface area contributed by atoms with Gasteiger partial charge < -0.3 is 14.4 Å². The third kappa shape index (κ3) is 7.00. The highest BCUT2D eigenvalue weighted by molar-refractivity contribution is 7.20. The highest BCUT2D eigenvalue weighted by Gasteiger charge is 2.47. The lowest BCUT2D eigenvalue weighted by Gasteiger charge is -2.44. The monoisotopic (exact) mass is 881 g/mol. The van der Waals surface area contributed by atoms with E-state index in [-0.39, 0.29) is 28.4 Å². The van der Waals surface area contributed by atoms with Crippen LogP contribution in [0.4, 0.5) is 34.1 Å². The Hall–Kier alpha value is -6.04. The summed E-state index contributed by atoms with van der Waals surface area (Å²) in [6, 6.07) is 47.4. The summed E-state index contributed by atoms with van der Waals surface area (Å²) < 4.78 is 3.89. The predicted octanol–water partition coefficient (Wildman–Crippen LogP) is 15.8. The molecule has 0 saturated heterocycles. The molecule has 0 N–H and O–H groups in total. The van der Waals surface area contributed by atoms with E-state index in [1.165, 1.54) is 104 Å². The second-order valence-electron chi connectivity index (χ2n) is 22.7. The first kappa shape index (κ1) is 43.8. The molecule has 8 aromatic rings. The Morgan fingerprint density at radius 2 is 1.03 bits per heavy atom. The molecule has 0 amide bonds. The molecule has 0 unspecified atom stereocenters. The highest BCUT2D eigenvalue weighted by Crippen LogP contribution is 2.49. The van der Waals surface area contributed by atoms with E-state index < -0.39 is 0 Å². The summed E-state index contributed by atoms with van der Waals surface area (Å²) in [6.07, 6.45) is 6.44. The number of anilines is 6. The molecular formula is C61H64BN3S. The van der Waals surface area contributed by atoms with Gasteiger partial charge in [0.25, 0.3) is 6.71 Å². The normalized spacial score (nSPS) is 14.0. The van der Waals surface area contributed by atoms with Gasteiger partial charge >= 0.3 is 0 Å². The Kier molecular flexibility index (Phi) is 10.1. The summed E-state index contributed by atoms with van der Waals surface area (Å²) in [5, 5.41) is 2.50. The number of fused-ring (bicyclic) bond motifs is 7. The maximum atomic E-state index is 4.27. The van der Waals surface area contributed by atoms with Crippen LogP contribution in [0, 0.1) is 0 Å². The molecule has 3 nitrogen and oxygen atoms in total. The molecule has 5 heteroatoms. The minimum Gasteiger partial charge on any atom is -0.319 e. The Balaban J connectivity index is 1.38. The van der Waals surface area contributed by atoms with E-state index in [0.29, 0.717) is 0 Å². The fraction of sp³-hybridized carbons (Fsp3) is 0.279. The molecule has 6 aromatic carbocycles. The first-order valence-corrected chi connectivity index (χ1v) is 24.6. The van der Waals surface area contributed by atoms with Gasteiger partial charge in [0.1, 0.15) is 0 Å². The SMILES string of the molecule is C=Cc1sc2cc3c(cc2c1/C=C\C)c1c(n3-c2ccc(C(C)(C)C)cc2)B2c3cc(C(C)(C)C)ccc3N(c3ccc(C(C)(C)C)cc3)c3cccc(c32)N1c1ccc(C(C)(C)C)cc1. The van der Waals surface area contributed by atoms with Crippen molar-refractivity contribution in [2.45, 2.75) is 112 Å². The standard InChI is InChI=1S/C61H64BN3S/c1-15-18-45-46-36-47-52(37-54(46)66-53(45)16-2)65(44-32-25-40(26-33-44)60(9,10)11)57-56(47)64(43-30-23-39(24-31-43)59(6,7)8)51-20-17-19-50-55(51)62(57)48-35-41(61(12,13)14)27-34-49(48)63(50)42-28-21-38(22-29-42)58(3,4)5/h15-37H,2H2,1,3-14H3/b18-15-. The lowest BCUT2D eigenvalue weighted by Crippen LogP contribution is -2.63. The smallest absolute Gasteiger partial charge is 0.273 e. The minimum atomic E-state index is -0.0785. The van der Waals surface area contributed by atoms with Crippen LogP contribution in [0.3, 0.4) is 0 Å². The average Bonchev–Trinajstić information content (AvgIpc) is 3.78. The van der Waals surface area contributed by atoms with E-state index in [1.54, 1.807) is 0 Å². The van der Waals surface area contributed by atoms with Gasteiger partial charge in [-0.05, 0) is 134 Å². The third-order valence-electron chi connectivity index (χ3n) is 14.1. The van der Waals surface area contributed by atoms with E-state index in [2.05, 4.69) is 244 Å². The van der Waals surface area contributed by atoms with Gasteiger partial charge in [0.2, 0.25) is 0 Å². The van der Waals surface area contributed by atoms with Gasteiger partial charge in [-0.25, -0.2) is 0 Å². The van der Waals surface area contributed by atoms with Crippen molar-refractivity contribution in [2.75, 3.05) is 9.80 Å². The van der Waals surface area contributed by atoms with E-state index in [4.69, 9.17) is 0 Å². The summed E-state index contributed by atoms with van der Waals surface area (Å²) in [5.74, 6) is 0. The van der Waals surface area contributed by atoms with Crippen molar-refractivity contribution < 1.29 is 0 Å². The van der Waals surface area contributed by atoms with Crippen LogP contribution in [0.1, 0.15) is 123 Å². The fourth-order valence-corrected chi connectivity index (χ4v) is 11.5. The molecule has 2 aliphatic rings. The van der Waals surface area contributed by atoms with Crippen molar-refractivity contribution in [1.29, 1.82) is 0 Å². The molecule has 0 radical (unpaired) electrons. The number of aromatic nitrogens is 1. The summed E-state index contributed by atoms with van der Waals surface area (Å²) in [4.78, 5) is 6.33. The summed E-state index contributed by atoms with van der Waals surface area (Å²) in [7, 11) is 0. The number of hydrogen-bond acceptors (Lipinski definition) is 3. The molecule has 0 saturated carbocycles. The van der Waals surface area contributed by atoms with E-state index in [1.807, 2.05) is 17.4 Å².